The van der Waals surface area contributed by atoms with Crippen LogP contribution in [0.2, 0.25) is 0 Å². The standard InChI is InChI=1S/C11H21NO4/c1-3-16-11(13)10(12-9-4-5-9)8-15-7-6-14-2/h9-10,12H,3-8H2,1-2H3. The predicted octanol–water partition coefficient (Wildman–Crippen LogP) is 0.333. The Hall–Kier alpha value is -0.650. The minimum atomic E-state index is -0.343. The molecule has 1 unspecified atom stereocenters. The molecule has 0 aromatic carbocycles. The van der Waals surface area contributed by atoms with Crippen LogP contribution < -0.4 is 5.32 Å². The van der Waals surface area contributed by atoms with Gasteiger partial charge in [0.2, 0.25) is 0 Å². The lowest BCUT2D eigenvalue weighted by Crippen LogP contribution is -2.43. The number of nitrogens with one attached hydrogen (secondary N) is 1. The number of carbonyl (C=O) groups excluding carboxylic acids is 1. The lowest BCUT2D eigenvalue weighted by Gasteiger charge is -2.16. The van der Waals surface area contributed by atoms with Gasteiger partial charge >= 0.3 is 5.97 Å². The summed E-state index contributed by atoms with van der Waals surface area (Å²) in [5.74, 6) is -0.230. The highest BCUT2D eigenvalue weighted by molar-refractivity contribution is 5.76. The number of rotatable bonds is 9. The molecule has 0 amide bonds. The number of carbonyl (C=O) groups is 1. The third-order valence-corrected chi connectivity index (χ3v) is 2.30. The van der Waals surface area contributed by atoms with Crippen LogP contribution in [0.5, 0.6) is 0 Å². The highest BCUT2D eigenvalue weighted by atomic mass is 16.5. The van der Waals surface area contributed by atoms with Gasteiger partial charge < -0.3 is 14.2 Å². The summed E-state index contributed by atoms with van der Waals surface area (Å²) in [7, 11) is 1.62. The van der Waals surface area contributed by atoms with Gasteiger partial charge in [0.05, 0.1) is 26.4 Å². The van der Waals surface area contributed by atoms with Gasteiger partial charge in [-0.1, -0.05) is 0 Å². The Balaban J connectivity index is 2.22. The fraction of sp³-hybridized carbons (Fsp3) is 0.909. The second-order valence-corrected chi connectivity index (χ2v) is 3.81. The van der Waals surface area contributed by atoms with Crippen molar-refractivity contribution in [2.24, 2.45) is 0 Å². The molecule has 94 valence electrons. The van der Waals surface area contributed by atoms with E-state index in [2.05, 4.69) is 5.32 Å². The molecule has 0 spiro atoms. The van der Waals surface area contributed by atoms with Crippen molar-refractivity contribution in [3.8, 4) is 0 Å². The van der Waals surface area contributed by atoms with Gasteiger partial charge in [-0.2, -0.15) is 0 Å². The number of hydrogen-bond donors (Lipinski definition) is 1. The molecule has 1 fully saturated rings. The normalized spacial score (nSPS) is 17.1. The summed E-state index contributed by atoms with van der Waals surface area (Å²) >= 11 is 0. The lowest BCUT2D eigenvalue weighted by molar-refractivity contribution is -0.147. The maximum Gasteiger partial charge on any atom is 0.325 e. The van der Waals surface area contributed by atoms with Gasteiger partial charge in [-0.25, -0.2) is 0 Å². The fourth-order valence-corrected chi connectivity index (χ4v) is 1.31. The largest absolute Gasteiger partial charge is 0.465 e. The van der Waals surface area contributed by atoms with E-state index in [-0.39, 0.29) is 12.0 Å². The van der Waals surface area contributed by atoms with Crippen LogP contribution in [0.25, 0.3) is 0 Å². The Morgan fingerprint density at radius 3 is 2.75 bits per heavy atom. The minimum absolute atomic E-state index is 0.230. The first-order chi connectivity index (χ1) is 7.77. The summed E-state index contributed by atoms with van der Waals surface area (Å²) in [6.45, 7) is 3.59. The van der Waals surface area contributed by atoms with Crippen LogP contribution in [0.4, 0.5) is 0 Å². The summed E-state index contributed by atoms with van der Waals surface area (Å²) in [6.07, 6.45) is 2.27. The molecule has 0 aromatic heterocycles. The van der Waals surface area contributed by atoms with Crippen LogP contribution in [0.3, 0.4) is 0 Å². The van der Waals surface area contributed by atoms with E-state index in [4.69, 9.17) is 14.2 Å². The summed E-state index contributed by atoms with van der Waals surface area (Å²) < 4.78 is 15.2. The van der Waals surface area contributed by atoms with E-state index in [1.807, 2.05) is 0 Å². The number of ether oxygens (including phenoxy) is 3. The molecule has 1 aliphatic carbocycles. The van der Waals surface area contributed by atoms with E-state index in [9.17, 15) is 4.79 Å². The molecule has 0 aliphatic heterocycles. The maximum absolute atomic E-state index is 11.6. The highest BCUT2D eigenvalue weighted by Gasteiger charge is 2.29. The average Bonchev–Trinajstić information content (AvgIpc) is 3.07. The molecule has 0 aromatic rings. The Morgan fingerprint density at radius 2 is 2.19 bits per heavy atom. The summed E-state index contributed by atoms with van der Waals surface area (Å²) in [5.41, 5.74) is 0. The minimum Gasteiger partial charge on any atom is -0.465 e. The van der Waals surface area contributed by atoms with Crippen molar-refractivity contribution >= 4 is 5.97 Å². The highest BCUT2D eigenvalue weighted by Crippen LogP contribution is 2.19. The molecule has 1 rings (SSSR count). The van der Waals surface area contributed by atoms with Crippen LogP contribution in [0.1, 0.15) is 19.8 Å². The second kappa shape index (κ2) is 7.60. The first-order valence-electron chi connectivity index (χ1n) is 5.77. The number of methoxy groups -OCH3 is 1. The molecule has 0 heterocycles. The predicted molar refractivity (Wildman–Crippen MR) is 59.3 cm³/mol. The van der Waals surface area contributed by atoms with Gasteiger partial charge in [0, 0.05) is 13.2 Å². The van der Waals surface area contributed by atoms with Crippen molar-refractivity contribution in [2.75, 3.05) is 33.5 Å². The van der Waals surface area contributed by atoms with E-state index < -0.39 is 0 Å². The zero-order valence-electron chi connectivity index (χ0n) is 10.0. The average molecular weight is 231 g/mol. The third kappa shape index (κ3) is 5.44. The van der Waals surface area contributed by atoms with Crippen LogP contribution in [0.15, 0.2) is 0 Å². The van der Waals surface area contributed by atoms with Crippen molar-refractivity contribution in [1.29, 1.82) is 0 Å². The number of hydrogen-bond acceptors (Lipinski definition) is 5. The molecule has 1 aliphatic rings. The summed E-state index contributed by atoms with van der Waals surface area (Å²) in [4.78, 5) is 11.6. The molecule has 0 bridgehead atoms. The third-order valence-electron chi connectivity index (χ3n) is 2.30. The van der Waals surface area contributed by atoms with Crippen molar-refractivity contribution in [3.05, 3.63) is 0 Å². The molecule has 16 heavy (non-hydrogen) atoms. The van der Waals surface area contributed by atoms with Crippen LogP contribution >= 0.6 is 0 Å². The first-order valence-corrected chi connectivity index (χ1v) is 5.77. The molecule has 1 N–H and O–H groups in total. The van der Waals surface area contributed by atoms with Crippen molar-refractivity contribution in [1.82, 2.24) is 5.32 Å². The van der Waals surface area contributed by atoms with Gasteiger partial charge in [-0.05, 0) is 19.8 Å². The quantitative estimate of drug-likeness (QED) is 0.458. The van der Waals surface area contributed by atoms with Crippen molar-refractivity contribution in [2.45, 2.75) is 31.8 Å². The van der Waals surface area contributed by atoms with Crippen LogP contribution in [-0.2, 0) is 19.0 Å². The molecular formula is C11H21NO4. The smallest absolute Gasteiger partial charge is 0.325 e. The maximum atomic E-state index is 11.6. The number of esters is 1. The second-order valence-electron chi connectivity index (χ2n) is 3.81. The zero-order chi connectivity index (χ0) is 11.8. The SMILES string of the molecule is CCOC(=O)C(COCCOC)NC1CC1. The van der Waals surface area contributed by atoms with Gasteiger partial charge in [0.25, 0.3) is 0 Å². The summed E-state index contributed by atoms with van der Waals surface area (Å²) in [6, 6.07) is 0.115. The van der Waals surface area contributed by atoms with E-state index >= 15 is 0 Å². The molecule has 5 heteroatoms. The molecule has 5 nitrogen and oxygen atoms in total. The van der Waals surface area contributed by atoms with E-state index in [1.165, 1.54) is 0 Å². The van der Waals surface area contributed by atoms with Gasteiger partial charge in [0.1, 0.15) is 6.04 Å². The Labute approximate surface area is 96.4 Å². The molecule has 0 saturated heterocycles. The molecule has 1 saturated carbocycles. The van der Waals surface area contributed by atoms with Crippen molar-refractivity contribution in [3.63, 3.8) is 0 Å². The van der Waals surface area contributed by atoms with E-state index in [1.54, 1.807) is 14.0 Å². The molecular weight excluding hydrogens is 210 g/mol. The van der Waals surface area contributed by atoms with Crippen LogP contribution in [-0.4, -0.2) is 51.6 Å². The van der Waals surface area contributed by atoms with Crippen molar-refractivity contribution < 1.29 is 19.0 Å². The fourth-order valence-electron chi connectivity index (χ4n) is 1.31. The lowest BCUT2D eigenvalue weighted by atomic mass is 10.3. The van der Waals surface area contributed by atoms with E-state index in [0.29, 0.717) is 32.5 Å². The zero-order valence-corrected chi connectivity index (χ0v) is 10.0. The monoisotopic (exact) mass is 231 g/mol. The van der Waals surface area contributed by atoms with Crippen LogP contribution in [0, 0.1) is 0 Å². The molecule has 1 atom stereocenters. The topological polar surface area (TPSA) is 56.8 Å². The van der Waals surface area contributed by atoms with Gasteiger partial charge in [0.15, 0.2) is 0 Å². The Morgan fingerprint density at radius 1 is 1.44 bits per heavy atom. The van der Waals surface area contributed by atoms with Gasteiger partial charge in [-0.3, -0.25) is 10.1 Å². The van der Waals surface area contributed by atoms with E-state index in [0.717, 1.165) is 12.8 Å². The summed E-state index contributed by atoms with van der Waals surface area (Å²) in [5, 5.41) is 3.21. The Bertz CT molecular complexity index is 206. The van der Waals surface area contributed by atoms with Gasteiger partial charge in [-0.15, -0.1) is 0 Å². The molecule has 0 radical (unpaired) electrons. The Kier molecular flexibility index (Phi) is 6.37. The first kappa shape index (κ1) is 13.4.